The lowest BCUT2D eigenvalue weighted by Gasteiger charge is -2.10. The number of nitrogens with zero attached hydrogens (tertiary/aromatic N) is 3. The Kier molecular flexibility index (Phi) is 4.53. The van der Waals surface area contributed by atoms with Gasteiger partial charge in [-0.2, -0.15) is 0 Å². The van der Waals surface area contributed by atoms with E-state index < -0.39 is 0 Å². The molecule has 3 heterocycles. The van der Waals surface area contributed by atoms with Gasteiger partial charge in [0, 0.05) is 30.6 Å². The van der Waals surface area contributed by atoms with Crippen LogP contribution in [-0.2, 0) is 0 Å². The van der Waals surface area contributed by atoms with Crippen LogP contribution < -0.4 is 9.47 Å². The highest BCUT2D eigenvalue weighted by atomic mass is 19.1. The summed E-state index contributed by atoms with van der Waals surface area (Å²) in [7, 11) is 0. The van der Waals surface area contributed by atoms with E-state index in [1.54, 1.807) is 48.9 Å². The molecule has 1 N–H and O–H groups in total. The molecule has 0 spiro atoms. The predicted molar refractivity (Wildman–Crippen MR) is 110 cm³/mol. The third kappa shape index (κ3) is 3.68. The maximum absolute atomic E-state index is 13.6. The molecular weight excluding hydrogens is 383 g/mol. The largest absolute Gasteiger partial charge is 0.456 e. The molecule has 0 radical (unpaired) electrons. The molecule has 30 heavy (non-hydrogen) atoms. The second-order valence-corrected chi connectivity index (χ2v) is 6.47. The minimum atomic E-state index is -0.386. The number of benzene rings is 2. The number of H-pyrrole nitrogens is 1. The van der Waals surface area contributed by atoms with Crippen molar-refractivity contribution in [1.29, 1.82) is 0 Å². The van der Waals surface area contributed by atoms with Crippen molar-refractivity contribution in [2.24, 2.45) is 0 Å². The summed E-state index contributed by atoms with van der Waals surface area (Å²) >= 11 is 0. The number of aromatic nitrogens is 4. The van der Waals surface area contributed by atoms with Crippen LogP contribution in [0.1, 0.15) is 0 Å². The fourth-order valence-corrected chi connectivity index (χ4v) is 3.02. The summed E-state index contributed by atoms with van der Waals surface area (Å²) in [5, 5.41) is 0. The van der Waals surface area contributed by atoms with Gasteiger partial charge in [-0.25, -0.2) is 9.37 Å². The second-order valence-electron chi connectivity index (χ2n) is 6.47. The average Bonchev–Trinajstić information content (AvgIpc) is 3.20. The van der Waals surface area contributed by atoms with Crippen molar-refractivity contribution in [2.75, 3.05) is 0 Å². The van der Waals surface area contributed by atoms with Crippen LogP contribution in [-0.4, -0.2) is 19.9 Å². The lowest BCUT2D eigenvalue weighted by molar-refractivity contribution is 0.460. The molecule has 5 rings (SSSR count). The number of fused-ring (bicyclic) bond motifs is 1. The third-order valence-electron chi connectivity index (χ3n) is 4.33. The normalized spacial score (nSPS) is 10.8. The molecule has 146 valence electrons. The quantitative estimate of drug-likeness (QED) is 0.408. The number of pyridine rings is 2. The van der Waals surface area contributed by atoms with Crippen LogP contribution in [0.4, 0.5) is 4.39 Å². The van der Waals surface area contributed by atoms with E-state index in [1.165, 1.54) is 12.1 Å². The molecule has 0 saturated carbocycles. The monoisotopic (exact) mass is 398 g/mol. The maximum atomic E-state index is 13.6. The van der Waals surface area contributed by atoms with Crippen LogP contribution in [0.2, 0.25) is 0 Å². The van der Waals surface area contributed by atoms with Gasteiger partial charge in [-0.3, -0.25) is 9.97 Å². The number of aromatic amines is 1. The highest BCUT2D eigenvalue weighted by Gasteiger charge is 2.15. The van der Waals surface area contributed by atoms with E-state index in [4.69, 9.17) is 9.47 Å². The topological polar surface area (TPSA) is 72.9 Å². The number of ether oxygens (including phenoxy) is 2. The second kappa shape index (κ2) is 7.63. The molecule has 0 fully saturated rings. The van der Waals surface area contributed by atoms with Gasteiger partial charge in [0.15, 0.2) is 11.6 Å². The van der Waals surface area contributed by atoms with E-state index >= 15 is 0 Å². The van der Waals surface area contributed by atoms with Crippen LogP contribution >= 0.6 is 0 Å². The molecule has 0 bridgehead atoms. The first-order valence-electron chi connectivity index (χ1n) is 9.21. The molecule has 2 aromatic carbocycles. The third-order valence-corrected chi connectivity index (χ3v) is 4.33. The van der Waals surface area contributed by atoms with Gasteiger partial charge in [0.2, 0.25) is 0 Å². The number of imidazole rings is 1. The van der Waals surface area contributed by atoms with E-state index in [1.807, 2.05) is 24.3 Å². The molecule has 0 amide bonds. The SMILES string of the molecule is Fc1cccc(Oc2cc(Oc3cccnc3)cc3[nH]c(-c4ccccn4)nc23)c1. The van der Waals surface area contributed by atoms with Gasteiger partial charge < -0.3 is 14.5 Å². The molecule has 6 nitrogen and oxygen atoms in total. The van der Waals surface area contributed by atoms with Crippen LogP contribution in [0.5, 0.6) is 23.0 Å². The molecular formula is C23H15FN4O2. The Morgan fingerprint density at radius 1 is 0.800 bits per heavy atom. The number of hydrogen-bond acceptors (Lipinski definition) is 5. The van der Waals surface area contributed by atoms with Gasteiger partial charge in [-0.1, -0.05) is 12.1 Å². The summed E-state index contributed by atoms with van der Waals surface area (Å²) in [4.78, 5) is 16.3. The Morgan fingerprint density at radius 2 is 1.73 bits per heavy atom. The number of rotatable bonds is 5. The van der Waals surface area contributed by atoms with E-state index in [9.17, 15) is 4.39 Å². The molecule has 0 saturated heterocycles. The Hall–Kier alpha value is -4.26. The van der Waals surface area contributed by atoms with Crippen LogP contribution in [0, 0.1) is 5.82 Å². The standard InChI is InChI=1S/C23H15FN4O2/c24-15-5-3-6-16(11-15)30-21-13-18(29-17-7-4-9-25-14-17)12-20-22(21)28-23(27-20)19-8-1-2-10-26-19/h1-14H,(H,27,28). The Morgan fingerprint density at radius 3 is 2.53 bits per heavy atom. The summed E-state index contributed by atoms with van der Waals surface area (Å²) in [5.41, 5.74) is 1.97. The van der Waals surface area contributed by atoms with Crippen molar-refractivity contribution >= 4 is 11.0 Å². The van der Waals surface area contributed by atoms with E-state index in [2.05, 4.69) is 19.9 Å². The van der Waals surface area contributed by atoms with Crippen molar-refractivity contribution in [3.05, 3.63) is 91.1 Å². The first kappa shape index (κ1) is 17.8. The highest BCUT2D eigenvalue weighted by molar-refractivity contribution is 5.86. The fourth-order valence-electron chi connectivity index (χ4n) is 3.02. The lowest BCUT2D eigenvalue weighted by Crippen LogP contribution is -1.90. The summed E-state index contributed by atoms with van der Waals surface area (Å²) in [6.07, 6.45) is 4.98. The predicted octanol–water partition coefficient (Wildman–Crippen LogP) is 5.74. The molecule has 5 aromatic rings. The molecule has 7 heteroatoms. The van der Waals surface area contributed by atoms with Gasteiger partial charge in [0.25, 0.3) is 0 Å². The number of nitrogens with one attached hydrogen (secondary N) is 1. The lowest BCUT2D eigenvalue weighted by atomic mass is 10.2. The van der Waals surface area contributed by atoms with Crippen molar-refractivity contribution < 1.29 is 13.9 Å². The molecule has 0 aliphatic rings. The van der Waals surface area contributed by atoms with Crippen molar-refractivity contribution in [3.63, 3.8) is 0 Å². The highest BCUT2D eigenvalue weighted by Crippen LogP contribution is 2.36. The van der Waals surface area contributed by atoms with Crippen molar-refractivity contribution in [1.82, 2.24) is 19.9 Å². The van der Waals surface area contributed by atoms with Crippen LogP contribution in [0.15, 0.2) is 85.3 Å². The molecule has 0 atom stereocenters. The smallest absolute Gasteiger partial charge is 0.158 e. The zero-order valence-corrected chi connectivity index (χ0v) is 15.6. The average molecular weight is 398 g/mol. The van der Waals surface area contributed by atoms with Gasteiger partial charge in [0.1, 0.15) is 34.3 Å². The van der Waals surface area contributed by atoms with Crippen LogP contribution in [0.3, 0.4) is 0 Å². The Balaban J connectivity index is 1.61. The number of hydrogen-bond donors (Lipinski definition) is 1. The van der Waals surface area contributed by atoms with Gasteiger partial charge in [-0.05, 0) is 36.4 Å². The summed E-state index contributed by atoms with van der Waals surface area (Å²) in [5.74, 6) is 2.10. The molecule has 0 aliphatic heterocycles. The zero-order chi connectivity index (χ0) is 20.3. The van der Waals surface area contributed by atoms with Crippen LogP contribution in [0.25, 0.3) is 22.6 Å². The van der Waals surface area contributed by atoms with Gasteiger partial charge in [-0.15, -0.1) is 0 Å². The minimum Gasteiger partial charge on any atom is -0.456 e. The zero-order valence-electron chi connectivity index (χ0n) is 15.6. The minimum absolute atomic E-state index is 0.359. The van der Waals surface area contributed by atoms with Gasteiger partial charge >= 0.3 is 0 Å². The van der Waals surface area contributed by atoms with E-state index in [-0.39, 0.29) is 5.82 Å². The van der Waals surface area contributed by atoms with Gasteiger partial charge in [0.05, 0.1) is 11.7 Å². The first-order valence-corrected chi connectivity index (χ1v) is 9.21. The first-order chi connectivity index (χ1) is 14.7. The Bertz CT molecular complexity index is 1310. The molecule has 0 unspecified atom stereocenters. The summed E-state index contributed by atoms with van der Waals surface area (Å²) in [6, 6.07) is 18.6. The van der Waals surface area contributed by atoms with Crippen molar-refractivity contribution in [2.45, 2.75) is 0 Å². The Labute approximate surface area is 171 Å². The molecule has 0 aliphatic carbocycles. The molecule has 3 aromatic heterocycles. The number of halogens is 1. The van der Waals surface area contributed by atoms with E-state index in [0.29, 0.717) is 45.5 Å². The summed E-state index contributed by atoms with van der Waals surface area (Å²) < 4.78 is 25.5. The fraction of sp³-hybridized carbons (Fsp3) is 0. The maximum Gasteiger partial charge on any atom is 0.158 e. The van der Waals surface area contributed by atoms with E-state index in [0.717, 1.165) is 0 Å². The van der Waals surface area contributed by atoms with Crippen molar-refractivity contribution in [3.8, 4) is 34.5 Å². The summed E-state index contributed by atoms with van der Waals surface area (Å²) in [6.45, 7) is 0.